The lowest BCUT2D eigenvalue weighted by atomic mass is 10.2. The predicted octanol–water partition coefficient (Wildman–Crippen LogP) is 0.805. The van der Waals surface area contributed by atoms with Gasteiger partial charge in [-0.2, -0.15) is 5.26 Å². The van der Waals surface area contributed by atoms with Crippen molar-refractivity contribution in [3.05, 3.63) is 24.0 Å². The second kappa shape index (κ2) is 5.62. The summed E-state index contributed by atoms with van der Waals surface area (Å²) in [7, 11) is 1.66. The summed E-state index contributed by atoms with van der Waals surface area (Å²) >= 11 is 0. The molecule has 0 unspecified atom stereocenters. The molecule has 0 saturated carbocycles. The summed E-state index contributed by atoms with van der Waals surface area (Å²) in [6.07, 6.45) is 3.42. The summed E-state index contributed by atoms with van der Waals surface area (Å²) in [6, 6.07) is 3.92. The highest BCUT2D eigenvalue weighted by Crippen LogP contribution is 2.20. The third-order valence-electron chi connectivity index (χ3n) is 2.75. The monoisotopic (exact) mass is 233 g/mol. The van der Waals surface area contributed by atoms with Gasteiger partial charge in [-0.3, -0.25) is 4.98 Å². The van der Waals surface area contributed by atoms with E-state index in [1.165, 1.54) is 0 Å². The fourth-order valence-corrected chi connectivity index (χ4v) is 1.96. The summed E-state index contributed by atoms with van der Waals surface area (Å²) < 4.78 is 10.7. The Labute approximate surface area is 101 Å². The molecular weight excluding hydrogens is 218 g/mol. The van der Waals surface area contributed by atoms with Crippen molar-refractivity contribution < 1.29 is 9.47 Å². The number of aromatic nitrogens is 1. The average molecular weight is 233 g/mol. The van der Waals surface area contributed by atoms with E-state index in [0.29, 0.717) is 18.8 Å². The van der Waals surface area contributed by atoms with Crippen molar-refractivity contribution in [1.82, 2.24) is 4.98 Å². The van der Waals surface area contributed by atoms with Crippen LogP contribution in [0.15, 0.2) is 18.5 Å². The number of morpholine rings is 1. The molecule has 17 heavy (non-hydrogen) atoms. The Morgan fingerprint density at radius 3 is 3.35 bits per heavy atom. The number of ether oxygens (including phenoxy) is 2. The maximum absolute atomic E-state index is 9.06. The first-order chi connectivity index (χ1) is 8.35. The SMILES string of the molecule is COC[C@H]1CN(c2cnccc2C#N)CCO1. The summed E-state index contributed by atoms with van der Waals surface area (Å²) in [4.78, 5) is 6.20. The number of nitrogens with zero attached hydrogens (tertiary/aromatic N) is 3. The minimum Gasteiger partial charge on any atom is -0.382 e. The first-order valence-corrected chi connectivity index (χ1v) is 5.54. The third-order valence-corrected chi connectivity index (χ3v) is 2.75. The molecule has 5 heteroatoms. The molecule has 0 aromatic carbocycles. The first kappa shape index (κ1) is 11.8. The minimum absolute atomic E-state index is 0.0560. The van der Waals surface area contributed by atoms with E-state index in [1.54, 1.807) is 25.6 Å². The molecule has 1 aromatic heterocycles. The molecule has 90 valence electrons. The van der Waals surface area contributed by atoms with Crippen molar-refractivity contribution in [2.75, 3.05) is 38.3 Å². The van der Waals surface area contributed by atoms with Gasteiger partial charge < -0.3 is 14.4 Å². The van der Waals surface area contributed by atoms with Gasteiger partial charge in [0.15, 0.2) is 0 Å². The molecule has 1 aliphatic rings. The molecule has 0 amide bonds. The number of methoxy groups -OCH3 is 1. The van der Waals surface area contributed by atoms with Gasteiger partial charge in [0.2, 0.25) is 0 Å². The molecule has 1 aromatic rings. The van der Waals surface area contributed by atoms with E-state index in [9.17, 15) is 0 Å². The predicted molar refractivity (Wildman–Crippen MR) is 62.8 cm³/mol. The van der Waals surface area contributed by atoms with Gasteiger partial charge in [0.05, 0.1) is 36.8 Å². The Morgan fingerprint density at radius 2 is 2.59 bits per heavy atom. The molecular formula is C12H15N3O2. The van der Waals surface area contributed by atoms with E-state index in [2.05, 4.69) is 16.0 Å². The molecule has 0 N–H and O–H groups in total. The number of hydrogen-bond acceptors (Lipinski definition) is 5. The lowest BCUT2D eigenvalue weighted by molar-refractivity contribution is -0.0100. The number of hydrogen-bond donors (Lipinski definition) is 0. The van der Waals surface area contributed by atoms with Crippen LogP contribution in [0.25, 0.3) is 0 Å². The van der Waals surface area contributed by atoms with Crippen LogP contribution in [0.3, 0.4) is 0 Å². The Bertz CT molecular complexity index is 414. The Balaban J connectivity index is 2.14. The van der Waals surface area contributed by atoms with E-state index in [1.807, 2.05) is 0 Å². The largest absolute Gasteiger partial charge is 0.382 e. The fourth-order valence-electron chi connectivity index (χ4n) is 1.96. The topological polar surface area (TPSA) is 58.4 Å². The molecule has 1 saturated heterocycles. The molecule has 0 radical (unpaired) electrons. The van der Waals surface area contributed by atoms with Crippen LogP contribution in [0.1, 0.15) is 5.56 Å². The zero-order chi connectivity index (χ0) is 12.1. The van der Waals surface area contributed by atoms with E-state index in [4.69, 9.17) is 14.7 Å². The smallest absolute Gasteiger partial charge is 0.101 e. The van der Waals surface area contributed by atoms with Crippen LogP contribution in [0.2, 0.25) is 0 Å². The lowest BCUT2D eigenvalue weighted by Crippen LogP contribution is -2.44. The van der Waals surface area contributed by atoms with Gasteiger partial charge in [-0.1, -0.05) is 0 Å². The second-order valence-corrected chi connectivity index (χ2v) is 3.90. The van der Waals surface area contributed by atoms with Crippen molar-refractivity contribution in [3.8, 4) is 6.07 Å². The normalized spacial score (nSPS) is 20.0. The zero-order valence-electron chi connectivity index (χ0n) is 9.80. The maximum atomic E-state index is 9.06. The summed E-state index contributed by atoms with van der Waals surface area (Å²) in [6.45, 7) is 2.72. The quantitative estimate of drug-likeness (QED) is 0.773. The molecule has 1 fully saturated rings. The van der Waals surface area contributed by atoms with Crippen LogP contribution in [0.5, 0.6) is 0 Å². The first-order valence-electron chi connectivity index (χ1n) is 5.54. The van der Waals surface area contributed by atoms with Gasteiger partial charge in [0.1, 0.15) is 6.07 Å². The van der Waals surface area contributed by atoms with E-state index in [0.717, 1.165) is 18.8 Å². The van der Waals surface area contributed by atoms with Crippen molar-refractivity contribution in [3.63, 3.8) is 0 Å². The zero-order valence-corrected chi connectivity index (χ0v) is 9.80. The summed E-state index contributed by atoms with van der Waals surface area (Å²) in [5.74, 6) is 0. The molecule has 0 spiro atoms. The van der Waals surface area contributed by atoms with Crippen molar-refractivity contribution in [1.29, 1.82) is 5.26 Å². The van der Waals surface area contributed by atoms with Crippen LogP contribution in [0, 0.1) is 11.3 Å². The highest BCUT2D eigenvalue weighted by molar-refractivity contribution is 5.57. The maximum Gasteiger partial charge on any atom is 0.101 e. The van der Waals surface area contributed by atoms with Crippen LogP contribution in [-0.2, 0) is 9.47 Å². The molecule has 2 rings (SSSR count). The lowest BCUT2D eigenvalue weighted by Gasteiger charge is -2.34. The van der Waals surface area contributed by atoms with Crippen molar-refractivity contribution in [2.45, 2.75) is 6.10 Å². The summed E-state index contributed by atoms with van der Waals surface area (Å²) in [5.41, 5.74) is 1.53. The van der Waals surface area contributed by atoms with Crippen LogP contribution in [0.4, 0.5) is 5.69 Å². The average Bonchev–Trinajstić information content (AvgIpc) is 2.39. The van der Waals surface area contributed by atoms with E-state index < -0.39 is 0 Å². The molecule has 2 heterocycles. The number of rotatable bonds is 3. The van der Waals surface area contributed by atoms with Crippen molar-refractivity contribution in [2.24, 2.45) is 0 Å². The van der Waals surface area contributed by atoms with Gasteiger partial charge in [-0.05, 0) is 6.07 Å². The molecule has 0 aliphatic carbocycles. The van der Waals surface area contributed by atoms with Gasteiger partial charge in [0, 0.05) is 26.4 Å². The Kier molecular flexibility index (Phi) is 3.91. The fraction of sp³-hybridized carbons (Fsp3) is 0.500. The van der Waals surface area contributed by atoms with Gasteiger partial charge in [-0.25, -0.2) is 0 Å². The number of pyridine rings is 1. The molecule has 5 nitrogen and oxygen atoms in total. The van der Waals surface area contributed by atoms with Crippen LogP contribution >= 0.6 is 0 Å². The minimum atomic E-state index is 0.0560. The van der Waals surface area contributed by atoms with Crippen LogP contribution in [-0.4, -0.2) is 44.5 Å². The van der Waals surface area contributed by atoms with Gasteiger partial charge >= 0.3 is 0 Å². The molecule has 0 bridgehead atoms. The second-order valence-electron chi connectivity index (χ2n) is 3.90. The van der Waals surface area contributed by atoms with Gasteiger partial charge in [-0.15, -0.1) is 0 Å². The number of nitriles is 1. The molecule has 1 aliphatic heterocycles. The highest BCUT2D eigenvalue weighted by atomic mass is 16.5. The highest BCUT2D eigenvalue weighted by Gasteiger charge is 2.22. The van der Waals surface area contributed by atoms with Gasteiger partial charge in [0.25, 0.3) is 0 Å². The van der Waals surface area contributed by atoms with E-state index >= 15 is 0 Å². The Hall–Kier alpha value is -1.64. The Morgan fingerprint density at radius 1 is 1.71 bits per heavy atom. The molecule has 1 atom stereocenters. The standard InChI is InChI=1S/C12H15N3O2/c1-16-9-11-8-15(4-5-17-11)12-7-14-3-2-10(12)6-13/h2-3,7,11H,4-5,8-9H2,1H3/t11-/m1/s1. The van der Waals surface area contributed by atoms with Crippen LogP contribution < -0.4 is 4.90 Å². The van der Waals surface area contributed by atoms with Crippen molar-refractivity contribution >= 4 is 5.69 Å². The third kappa shape index (κ3) is 2.73. The van der Waals surface area contributed by atoms with E-state index in [-0.39, 0.29) is 6.10 Å². The summed E-state index contributed by atoms with van der Waals surface area (Å²) in [5, 5.41) is 9.06. The number of anilines is 1.